The van der Waals surface area contributed by atoms with E-state index in [1.807, 2.05) is 31.2 Å². The van der Waals surface area contributed by atoms with Gasteiger partial charge in [0.05, 0.1) is 19.3 Å². The smallest absolute Gasteiger partial charge is 0.119 e. The zero-order chi connectivity index (χ0) is 12.1. The van der Waals surface area contributed by atoms with Crippen LogP contribution in [-0.4, -0.2) is 25.9 Å². The van der Waals surface area contributed by atoms with E-state index in [1.165, 1.54) is 0 Å². The molecule has 0 unspecified atom stereocenters. The van der Waals surface area contributed by atoms with E-state index in [-0.39, 0.29) is 12.2 Å². The first kappa shape index (κ1) is 12.0. The zero-order valence-electron chi connectivity index (χ0n) is 10.3. The molecule has 0 saturated heterocycles. The van der Waals surface area contributed by atoms with Crippen LogP contribution >= 0.6 is 0 Å². The van der Waals surface area contributed by atoms with Crippen molar-refractivity contribution in [2.45, 2.75) is 25.6 Å². The van der Waals surface area contributed by atoms with Crippen LogP contribution in [0.4, 0.5) is 0 Å². The maximum atomic E-state index is 5.72. The van der Waals surface area contributed by atoms with Gasteiger partial charge in [0.15, 0.2) is 0 Å². The molecule has 1 aliphatic heterocycles. The summed E-state index contributed by atoms with van der Waals surface area (Å²) in [5.74, 6) is 1.68. The molecule has 0 saturated carbocycles. The fourth-order valence-corrected chi connectivity index (χ4v) is 1.79. The monoisotopic (exact) mass is 234 g/mol. The number of benzene rings is 1. The largest absolute Gasteiger partial charge is 0.497 e. The minimum absolute atomic E-state index is 0.150. The summed E-state index contributed by atoms with van der Waals surface area (Å²) < 4.78 is 16.5. The van der Waals surface area contributed by atoms with Gasteiger partial charge in [-0.2, -0.15) is 0 Å². The molecule has 0 amide bonds. The number of ether oxygens (including phenoxy) is 3. The molecule has 3 heteroatoms. The van der Waals surface area contributed by atoms with E-state index in [9.17, 15) is 0 Å². The molecule has 0 fully saturated rings. The predicted molar refractivity (Wildman–Crippen MR) is 66.6 cm³/mol. The molecule has 2 rings (SSSR count). The molecule has 0 radical (unpaired) electrons. The van der Waals surface area contributed by atoms with Crippen LogP contribution in [-0.2, 0) is 4.74 Å². The van der Waals surface area contributed by atoms with Crippen LogP contribution in [0.3, 0.4) is 0 Å². The summed E-state index contributed by atoms with van der Waals surface area (Å²) >= 11 is 0. The van der Waals surface area contributed by atoms with Gasteiger partial charge in [0.2, 0.25) is 0 Å². The first-order valence-corrected chi connectivity index (χ1v) is 5.87. The molecule has 1 aromatic rings. The Morgan fingerprint density at radius 1 is 1.24 bits per heavy atom. The third-order valence-electron chi connectivity index (χ3n) is 2.71. The van der Waals surface area contributed by atoms with Crippen LogP contribution < -0.4 is 9.47 Å². The molecule has 0 aliphatic carbocycles. The molecule has 0 spiro atoms. The van der Waals surface area contributed by atoms with Gasteiger partial charge in [0.1, 0.15) is 18.1 Å². The molecule has 0 bridgehead atoms. The lowest BCUT2D eigenvalue weighted by Gasteiger charge is -2.23. The number of methoxy groups -OCH3 is 1. The van der Waals surface area contributed by atoms with Crippen molar-refractivity contribution < 1.29 is 14.2 Å². The van der Waals surface area contributed by atoms with E-state index in [0.717, 1.165) is 17.9 Å². The first-order chi connectivity index (χ1) is 8.28. The Labute approximate surface area is 102 Å². The van der Waals surface area contributed by atoms with E-state index in [2.05, 4.69) is 12.2 Å². The lowest BCUT2D eigenvalue weighted by atomic mass is 10.1. The Balaban J connectivity index is 1.83. The Morgan fingerprint density at radius 2 is 1.94 bits per heavy atom. The van der Waals surface area contributed by atoms with Gasteiger partial charge < -0.3 is 14.2 Å². The maximum Gasteiger partial charge on any atom is 0.119 e. The molecule has 1 aromatic carbocycles. The normalized spacial score (nSPS) is 23.4. The van der Waals surface area contributed by atoms with E-state index >= 15 is 0 Å². The number of hydrogen-bond donors (Lipinski definition) is 0. The summed E-state index contributed by atoms with van der Waals surface area (Å²) in [6.07, 6.45) is 5.48. The third kappa shape index (κ3) is 3.49. The quantitative estimate of drug-likeness (QED) is 0.750. The summed E-state index contributed by atoms with van der Waals surface area (Å²) in [4.78, 5) is 0. The lowest BCUT2D eigenvalue weighted by molar-refractivity contribution is -0.0105. The van der Waals surface area contributed by atoms with Crippen molar-refractivity contribution in [2.75, 3.05) is 13.7 Å². The molecule has 92 valence electrons. The van der Waals surface area contributed by atoms with Crippen LogP contribution in [0.2, 0.25) is 0 Å². The minimum atomic E-state index is 0.150. The van der Waals surface area contributed by atoms with Crippen molar-refractivity contribution in [1.82, 2.24) is 0 Å². The van der Waals surface area contributed by atoms with Gasteiger partial charge in [-0.05, 0) is 37.6 Å². The molecular weight excluding hydrogens is 216 g/mol. The highest BCUT2D eigenvalue weighted by Gasteiger charge is 2.15. The summed E-state index contributed by atoms with van der Waals surface area (Å²) in [5.41, 5.74) is 0. The van der Waals surface area contributed by atoms with Crippen molar-refractivity contribution in [2.24, 2.45) is 0 Å². The van der Waals surface area contributed by atoms with E-state index in [0.29, 0.717) is 6.61 Å². The van der Waals surface area contributed by atoms with Crippen molar-refractivity contribution in [3.8, 4) is 11.5 Å². The fourth-order valence-electron chi connectivity index (χ4n) is 1.79. The summed E-state index contributed by atoms with van der Waals surface area (Å²) in [6.45, 7) is 2.62. The van der Waals surface area contributed by atoms with Gasteiger partial charge in [-0.25, -0.2) is 0 Å². The highest BCUT2D eigenvalue weighted by Crippen LogP contribution is 2.19. The highest BCUT2D eigenvalue weighted by atomic mass is 16.5. The fraction of sp³-hybridized carbons (Fsp3) is 0.429. The average molecular weight is 234 g/mol. The Morgan fingerprint density at radius 3 is 2.59 bits per heavy atom. The van der Waals surface area contributed by atoms with Crippen LogP contribution in [0.25, 0.3) is 0 Å². The van der Waals surface area contributed by atoms with Crippen molar-refractivity contribution in [1.29, 1.82) is 0 Å². The maximum absolute atomic E-state index is 5.72. The molecule has 2 atom stereocenters. The molecule has 0 aromatic heterocycles. The minimum Gasteiger partial charge on any atom is -0.497 e. The molecule has 1 heterocycles. The van der Waals surface area contributed by atoms with E-state index in [4.69, 9.17) is 14.2 Å². The lowest BCUT2D eigenvalue weighted by Crippen LogP contribution is -2.27. The Hall–Kier alpha value is -1.48. The molecular formula is C14H18O3. The average Bonchev–Trinajstić information content (AvgIpc) is 2.37. The van der Waals surface area contributed by atoms with E-state index < -0.39 is 0 Å². The van der Waals surface area contributed by atoms with Crippen LogP contribution in [0, 0.1) is 0 Å². The van der Waals surface area contributed by atoms with Crippen molar-refractivity contribution in [3.05, 3.63) is 36.4 Å². The SMILES string of the molecule is COc1ccc(OC[C@@H]2CC=C[C@H](C)O2)cc1. The second-order valence-corrected chi connectivity index (χ2v) is 4.11. The Kier molecular flexibility index (Phi) is 4.04. The summed E-state index contributed by atoms with van der Waals surface area (Å²) in [6, 6.07) is 7.58. The second kappa shape index (κ2) is 5.73. The number of rotatable bonds is 4. The molecule has 17 heavy (non-hydrogen) atoms. The second-order valence-electron chi connectivity index (χ2n) is 4.11. The van der Waals surface area contributed by atoms with Crippen LogP contribution in [0.5, 0.6) is 11.5 Å². The van der Waals surface area contributed by atoms with E-state index in [1.54, 1.807) is 7.11 Å². The van der Waals surface area contributed by atoms with Crippen LogP contribution in [0.1, 0.15) is 13.3 Å². The molecule has 1 aliphatic rings. The van der Waals surface area contributed by atoms with Crippen LogP contribution in [0.15, 0.2) is 36.4 Å². The topological polar surface area (TPSA) is 27.7 Å². The van der Waals surface area contributed by atoms with Crippen molar-refractivity contribution in [3.63, 3.8) is 0 Å². The highest BCUT2D eigenvalue weighted by molar-refractivity contribution is 5.31. The first-order valence-electron chi connectivity index (χ1n) is 5.87. The molecule has 3 nitrogen and oxygen atoms in total. The molecule has 0 N–H and O–H groups in total. The van der Waals surface area contributed by atoms with Gasteiger partial charge in [-0.15, -0.1) is 0 Å². The summed E-state index contributed by atoms with van der Waals surface area (Å²) in [7, 11) is 1.65. The van der Waals surface area contributed by atoms with Gasteiger partial charge in [-0.3, -0.25) is 0 Å². The zero-order valence-corrected chi connectivity index (χ0v) is 10.3. The predicted octanol–water partition coefficient (Wildman–Crippen LogP) is 2.81. The van der Waals surface area contributed by atoms with Gasteiger partial charge in [0.25, 0.3) is 0 Å². The number of hydrogen-bond acceptors (Lipinski definition) is 3. The van der Waals surface area contributed by atoms with Gasteiger partial charge in [0, 0.05) is 0 Å². The standard InChI is InChI=1S/C14H18O3/c1-11-4-3-5-14(17-11)10-16-13-8-6-12(15-2)7-9-13/h3-4,6-9,11,14H,5,10H2,1-2H3/t11-,14-/m0/s1. The Bertz CT molecular complexity index is 370. The third-order valence-corrected chi connectivity index (χ3v) is 2.71. The van der Waals surface area contributed by atoms with Crippen molar-refractivity contribution >= 4 is 0 Å². The van der Waals surface area contributed by atoms with Gasteiger partial charge in [-0.1, -0.05) is 12.2 Å². The summed E-state index contributed by atoms with van der Waals surface area (Å²) in [5, 5.41) is 0. The van der Waals surface area contributed by atoms with Gasteiger partial charge >= 0.3 is 0 Å².